The largest absolute Gasteiger partial charge is 0.472 e. The molecule has 1 fully saturated rings. The molecule has 0 bridgehead atoms. The molecule has 0 aromatic carbocycles. The van der Waals surface area contributed by atoms with Gasteiger partial charge in [-0.15, -0.1) is 0 Å². The predicted octanol–water partition coefficient (Wildman–Crippen LogP) is 2.83. The number of hydrogen-bond donors (Lipinski definition) is 0. The van der Waals surface area contributed by atoms with Crippen LogP contribution in [0.25, 0.3) is 5.65 Å². The SMILES string of the molecule is COC1CCCC(Oc2nc(Br)cn3ccnc23)C1. The number of hydrogen-bond acceptors (Lipinski definition) is 4. The minimum absolute atomic E-state index is 0.154. The van der Waals surface area contributed by atoms with Crippen LogP contribution in [0, 0.1) is 0 Å². The van der Waals surface area contributed by atoms with Gasteiger partial charge in [-0.25, -0.2) is 9.97 Å². The molecule has 19 heavy (non-hydrogen) atoms. The van der Waals surface area contributed by atoms with Gasteiger partial charge in [-0.05, 0) is 35.2 Å². The van der Waals surface area contributed by atoms with Crippen molar-refractivity contribution in [1.82, 2.24) is 14.4 Å². The first-order valence-corrected chi connectivity index (χ1v) is 7.24. The van der Waals surface area contributed by atoms with Gasteiger partial charge in [0, 0.05) is 32.1 Å². The Kier molecular flexibility index (Phi) is 3.70. The van der Waals surface area contributed by atoms with Crippen molar-refractivity contribution in [1.29, 1.82) is 0 Å². The average molecular weight is 326 g/mol. The lowest BCUT2D eigenvalue weighted by molar-refractivity contribution is 0.0198. The second kappa shape index (κ2) is 5.46. The summed E-state index contributed by atoms with van der Waals surface area (Å²) in [5, 5.41) is 0. The highest BCUT2D eigenvalue weighted by molar-refractivity contribution is 9.10. The van der Waals surface area contributed by atoms with Crippen LogP contribution in [0.5, 0.6) is 5.88 Å². The first-order chi connectivity index (χ1) is 9.26. The fraction of sp³-hybridized carbons (Fsp3) is 0.538. The van der Waals surface area contributed by atoms with E-state index in [0.29, 0.717) is 12.0 Å². The summed E-state index contributed by atoms with van der Waals surface area (Å²) < 4.78 is 14.1. The van der Waals surface area contributed by atoms with Gasteiger partial charge in [0.1, 0.15) is 10.7 Å². The zero-order valence-electron chi connectivity index (χ0n) is 10.8. The highest BCUT2D eigenvalue weighted by Gasteiger charge is 2.24. The third kappa shape index (κ3) is 2.74. The molecule has 0 N–H and O–H groups in total. The van der Waals surface area contributed by atoms with Crippen molar-refractivity contribution in [2.45, 2.75) is 37.9 Å². The zero-order valence-corrected chi connectivity index (χ0v) is 12.3. The van der Waals surface area contributed by atoms with Crippen LogP contribution in [-0.4, -0.2) is 33.7 Å². The van der Waals surface area contributed by atoms with E-state index in [4.69, 9.17) is 9.47 Å². The van der Waals surface area contributed by atoms with Crippen molar-refractivity contribution >= 4 is 21.6 Å². The molecule has 0 saturated heterocycles. The molecule has 0 amide bonds. The Hall–Kier alpha value is -1.14. The summed E-state index contributed by atoms with van der Waals surface area (Å²) in [4.78, 5) is 8.68. The molecule has 1 aliphatic carbocycles. The number of halogens is 1. The normalized spacial score (nSPS) is 23.7. The monoisotopic (exact) mass is 325 g/mol. The van der Waals surface area contributed by atoms with E-state index in [1.54, 1.807) is 13.3 Å². The molecule has 1 saturated carbocycles. The molecule has 6 heteroatoms. The summed E-state index contributed by atoms with van der Waals surface area (Å²) in [6.45, 7) is 0. The van der Waals surface area contributed by atoms with Crippen molar-refractivity contribution in [2.75, 3.05) is 7.11 Å². The molecule has 1 aliphatic rings. The molecule has 3 rings (SSSR count). The quantitative estimate of drug-likeness (QED) is 0.870. The van der Waals surface area contributed by atoms with E-state index < -0.39 is 0 Å². The molecular weight excluding hydrogens is 310 g/mol. The van der Waals surface area contributed by atoms with Crippen LogP contribution < -0.4 is 4.74 Å². The molecule has 0 radical (unpaired) electrons. The summed E-state index contributed by atoms with van der Waals surface area (Å²) in [5.74, 6) is 0.584. The predicted molar refractivity (Wildman–Crippen MR) is 74.4 cm³/mol. The van der Waals surface area contributed by atoms with Crippen LogP contribution in [0.1, 0.15) is 25.7 Å². The number of imidazole rings is 1. The van der Waals surface area contributed by atoms with Gasteiger partial charge in [-0.3, -0.25) is 4.40 Å². The van der Waals surface area contributed by atoms with Gasteiger partial charge < -0.3 is 9.47 Å². The molecule has 2 heterocycles. The Morgan fingerprint density at radius 1 is 1.37 bits per heavy atom. The fourth-order valence-electron chi connectivity index (χ4n) is 2.53. The number of aromatic nitrogens is 3. The molecule has 2 aromatic rings. The number of ether oxygens (including phenoxy) is 2. The third-order valence-corrected chi connectivity index (χ3v) is 3.89. The number of methoxy groups -OCH3 is 1. The topological polar surface area (TPSA) is 48.7 Å². The van der Waals surface area contributed by atoms with Crippen molar-refractivity contribution in [3.63, 3.8) is 0 Å². The maximum atomic E-state index is 6.04. The van der Waals surface area contributed by atoms with E-state index in [-0.39, 0.29) is 6.10 Å². The van der Waals surface area contributed by atoms with Crippen LogP contribution in [-0.2, 0) is 4.74 Å². The average Bonchev–Trinajstić information content (AvgIpc) is 2.87. The second-order valence-electron chi connectivity index (χ2n) is 4.79. The summed E-state index contributed by atoms with van der Waals surface area (Å²) in [6.07, 6.45) is 10.1. The van der Waals surface area contributed by atoms with Crippen molar-refractivity contribution in [2.24, 2.45) is 0 Å². The van der Waals surface area contributed by atoms with Crippen molar-refractivity contribution in [3.05, 3.63) is 23.2 Å². The van der Waals surface area contributed by atoms with Crippen LogP contribution in [0.2, 0.25) is 0 Å². The molecular formula is C13H16BrN3O2. The molecule has 2 atom stereocenters. The molecule has 2 unspecified atom stereocenters. The fourth-order valence-corrected chi connectivity index (χ4v) is 2.92. The third-order valence-electron chi connectivity index (χ3n) is 3.50. The Bertz CT molecular complexity index is 572. The second-order valence-corrected chi connectivity index (χ2v) is 5.60. The Balaban J connectivity index is 1.82. The van der Waals surface area contributed by atoms with Crippen LogP contribution in [0.15, 0.2) is 23.2 Å². The van der Waals surface area contributed by atoms with Crippen LogP contribution >= 0.6 is 15.9 Å². The van der Waals surface area contributed by atoms with Crippen LogP contribution in [0.4, 0.5) is 0 Å². The number of rotatable bonds is 3. The first kappa shape index (κ1) is 12.9. The smallest absolute Gasteiger partial charge is 0.259 e. The number of nitrogens with zero attached hydrogens (tertiary/aromatic N) is 3. The maximum absolute atomic E-state index is 6.04. The summed E-state index contributed by atoms with van der Waals surface area (Å²) in [6, 6.07) is 0. The lowest BCUT2D eigenvalue weighted by Gasteiger charge is -2.28. The van der Waals surface area contributed by atoms with E-state index >= 15 is 0 Å². The standard InChI is InChI=1S/C13H16BrN3O2/c1-18-9-3-2-4-10(7-9)19-13-12-15-5-6-17(12)8-11(14)16-13/h5-6,8-10H,2-4,7H2,1H3. The molecule has 102 valence electrons. The van der Waals surface area contributed by atoms with Gasteiger partial charge in [0.05, 0.1) is 6.10 Å². The lowest BCUT2D eigenvalue weighted by atomic mass is 9.95. The van der Waals surface area contributed by atoms with Gasteiger partial charge in [0.25, 0.3) is 5.88 Å². The van der Waals surface area contributed by atoms with E-state index in [1.807, 2.05) is 16.8 Å². The maximum Gasteiger partial charge on any atom is 0.259 e. The zero-order chi connectivity index (χ0) is 13.2. The highest BCUT2D eigenvalue weighted by Crippen LogP contribution is 2.27. The Labute approximate surface area is 120 Å². The Morgan fingerprint density at radius 3 is 3.05 bits per heavy atom. The summed E-state index contributed by atoms with van der Waals surface area (Å²) >= 11 is 3.39. The summed E-state index contributed by atoms with van der Waals surface area (Å²) in [5.41, 5.74) is 0.753. The molecule has 0 aliphatic heterocycles. The minimum atomic E-state index is 0.154. The van der Waals surface area contributed by atoms with Gasteiger partial charge in [-0.2, -0.15) is 0 Å². The van der Waals surface area contributed by atoms with Gasteiger partial charge in [0.2, 0.25) is 5.65 Å². The van der Waals surface area contributed by atoms with Gasteiger partial charge in [0.15, 0.2) is 0 Å². The first-order valence-electron chi connectivity index (χ1n) is 6.45. The van der Waals surface area contributed by atoms with Gasteiger partial charge >= 0.3 is 0 Å². The van der Waals surface area contributed by atoms with Gasteiger partial charge in [-0.1, -0.05) is 0 Å². The molecule has 2 aromatic heterocycles. The van der Waals surface area contributed by atoms with Crippen molar-refractivity contribution in [3.8, 4) is 5.88 Å². The van der Waals surface area contributed by atoms with E-state index in [2.05, 4.69) is 25.9 Å². The molecule has 5 nitrogen and oxygen atoms in total. The van der Waals surface area contributed by atoms with E-state index in [0.717, 1.165) is 35.9 Å². The minimum Gasteiger partial charge on any atom is -0.472 e. The summed E-state index contributed by atoms with van der Waals surface area (Å²) in [7, 11) is 1.76. The number of fused-ring (bicyclic) bond motifs is 1. The Morgan fingerprint density at radius 2 is 2.21 bits per heavy atom. The highest BCUT2D eigenvalue weighted by atomic mass is 79.9. The van der Waals surface area contributed by atoms with E-state index in [9.17, 15) is 0 Å². The van der Waals surface area contributed by atoms with E-state index in [1.165, 1.54) is 0 Å². The lowest BCUT2D eigenvalue weighted by Crippen LogP contribution is -2.29. The van der Waals surface area contributed by atoms with Crippen LogP contribution in [0.3, 0.4) is 0 Å². The van der Waals surface area contributed by atoms with Crippen molar-refractivity contribution < 1.29 is 9.47 Å². The molecule has 0 spiro atoms.